The fourth-order valence-corrected chi connectivity index (χ4v) is 4.99. The van der Waals surface area contributed by atoms with E-state index in [-0.39, 0.29) is 5.91 Å². The van der Waals surface area contributed by atoms with Gasteiger partial charge in [0.15, 0.2) is 0 Å². The number of halogens is 1. The molecule has 1 amide bonds. The molecular formula is C20H19BrN2O2S. The number of nitrogens with zero attached hydrogens (tertiary/aromatic N) is 1. The number of hydrogen-bond acceptors (Lipinski definition) is 4. The second kappa shape index (κ2) is 8.07. The molecule has 1 heterocycles. The number of benzene rings is 1. The third-order valence-corrected chi connectivity index (χ3v) is 6.25. The van der Waals surface area contributed by atoms with Crippen molar-refractivity contribution in [2.75, 3.05) is 12.4 Å². The lowest BCUT2D eigenvalue weighted by Crippen LogP contribution is -2.10. The van der Waals surface area contributed by atoms with Gasteiger partial charge in [-0.25, -0.2) is 0 Å². The highest BCUT2D eigenvalue weighted by Crippen LogP contribution is 2.39. The monoisotopic (exact) mass is 430 g/mol. The molecule has 2 aromatic rings. The molecule has 1 aromatic heterocycles. The summed E-state index contributed by atoms with van der Waals surface area (Å²) in [5, 5.41) is 13.0. The van der Waals surface area contributed by atoms with Crippen LogP contribution < -0.4 is 10.1 Å². The Labute approximate surface area is 165 Å². The maximum atomic E-state index is 12.3. The number of anilines is 1. The zero-order valence-electron chi connectivity index (χ0n) is 14.6. The molecule has 0 spiro atoms. The van der Waals surface area contributed by atoms with Crippen LogP contribution in [0.5, 0.6) is 5.75 Å². The predicted octanol–water partition coefficient (Wildman–Crippen LogP) is 5.17. The Kier molecular flexibility index (Phi) is 5.80. The molecule has 1 unspecified atom stereocenters. The molecule has 4 nitrogen and oxygen atoms in total. The Balaban J connectivity index is 1.74. The Bertz CT molecular complexity index is 911. The summed E-state index contributed by atoms with van der Waals surface area (Å²) in [4.78, 5) is 13.5. The normalized spacial score (nSPS) is 16.2. The lowest BCUT2D eigenvalue weighted by atomic mass is 9.89. The number of nitrogens with one attached hydrogen (secondary N) is 1. The fourth-order valence-electron chi connectivity index (χ4n) is 3.07. The van der Waals surface area contributed by atoms with Crippen LogP contribution >= 0.6 is 27.3 Å². The van der Waals surface area contributed by atoms with Crippen molar-refractivity contribution in [3.63, 3.8) is 0 Å². The number of fused-ring (bicyclic) bond motifs is 1. The van der Waals surface area contributed by atoms with Crippen LogP contribution in [0.15, 0.2) is 28.7 Å². The molecule has 0 radical (unpaired) electrons. The minimum atomic E-state index is -0.236. The Hall–Kier alpha value is -2.10. The minimum absolute atomic E-state index is 0.236. The van der Waals surface area contributed by atoms with E-state index in [1.807, 2.05) is 18.2 Å². The molecule has 1 aliphatic carbocycles. The smallest absolute Gasteiger partial charge is 0.249 e. The van der Waals surface area contributed by atoms with E-state index in [4.69, 9.17) is 4.74 Å². The number of carbonyl (C=O) groups excluding carboxylic acids is 1. The van der Waals surface area contributed by atoms with Crippen molar-refractivity contribution < 1.29 is 9.53 Å². The van der Waals surface area contributed by atoms with Gasteiger partial charge in [0, 0.05) is 11.0 Å². The number of hydrogen-bond donors (Lipinski definition) is 1. The maximum Gasteiger partial charge on any atom is 0.249 e. The Morgan fingerprint density at radius 3 is 3.00 bits per heavy atom. The number of thiophene rings is 1. The van der Waals surface area contributed by atoms with Crippen molar-refractivity contribution in [3.8, 4) is 11.8 Å². The van der Waals surface area contributed by atoms with Crippen LogP contribution in [0, 0.1) is 17.2 Å². The number of carbonyl (C=O) groups is 1. The molecule has 26 heavy (non-hydrogen) atoms. The zero-order chi connectivity index (χ0) is 18.7. The molecule has 134 valence electrons. The van der Waals surface area contributed by atoms with Crippen molar-refractivity contribution in [3.05, 3.63) is 50.3 Å². The van der Waals surface area contributed by atoms with Crippen LogP contribution in [0.2, 0.25) is 0 Å². The topological polar surface area (TPSA) is 62.1 Å². The highest BCUT2D eigenvalue weighted by atomic mass is 79.9. The van der Waals surface area contributed by atoms with Gasteiger partial charge in [0.25, 0.3) is 0 Å². The molecule has 0 saturated heterocycles. The van der Waals surface area contributed by atoms with E-state index in [2.05, 4.69) is 34.2 Å². The maximum absolute atomic E-state index is 12.3. The first kappa shape index (κ1) is 18.7. The number of ether oxygens (including phenoxy) is 1. The highest BCUT2D eigenvalue weighted by molar-refractivity contribution is 9.10. The minimum Gasteiger partial charge on any atom is -0.496 e. The van der Waals surface area contributed by atoms with E-state index < -0.39 is 0 Å². The standard InChI is InChI=1S/C20H19BrN2O2S/c1-12-3-6-14-15(11-22)20(26-18(14)9-12)23-19(24)8-5-13-4-7-17(25-2)16(21)10-13/h4-5,7-8,10,12H,3,6,9H2,1-2H3,(H,23,24). The van der Waals surface area contributed by atoms with E-state index >= 15 is 0 Å². The van der Waals surface area contributed by atoms with Gasteiger partial charge in [-0.15, -0.1) is 11.3 Å². The first-order valence-electron chi connectivity index (χ1n) is 8.39. The Morgan fingerprint density at radius 1 is 1.50 bits per heavy atom. The van der Waals surface area contributed by atoms with Crippen LogP contribution in [-0.2, 0) is 17.6 Å². The van der Waals surface area contributed by atoms with Gasteiger partial charge in [0.1, 0.15) is 16.8 Å². The average Bonchev–Trinajstić information content (AvgIpc) is 2.95. The molecule has 0 bridgehead atoms. The van der Waals surface area contributed by atoms with Crippen molar-refractivity contribution in [2.45, 2.75) is 26.2 Å². The third kappa shape index (κ3) is 4.00. The number of nitriles is 1. The quantitative estimate of drug-likeness (QED) is 0.680. The van der Waals surface area contributed by atoms with E-state index in [1.165, 1.54) is 22.3 Å². The van der Waals surface area contributed by atoms with Gasteiger partial charge < -0.3 is 10.1 Å². The molecule has 6 heteroatoms. The third-order valence-electron chi connectivity index (χ3n) is 4.46. The summed E-state index contributed by atoms with van der Waals surface area (Å²) in [6.07, 6.45) is 6.22. The summed E-state index contributed by atoms with van der Waals surface area (Å²) in [5.74, 6) is 1.13. The summed E-state index contributed by atoms with van der Waals surface area (Å²) in [5.41, 5.74) is 2.63. The summed E-state index contributed by atoms with van der Waals surface area (Å²) in [7, 11) is 1.61. The molecule has 3 rings (SSSR count). The second-order valence-electron chi connectivity index (χ2n) is 6.38. The van der Waals surface area contributed by atoms with Gasteiger partial charge in [-0.3, -0.25) is 4.79 Å². The van der Waals surface area contributed by atoms with Crippen LogP contribution in [0.1, 0.15) is 34.9 Å². The van der Waals surface area contributed by atoms with E-state index in [1.54, 1.807) is 13.2 Å². The average molecular weight is 431 g/mol. The van der Waals surface area contributed by atoms with Gasteiger partial charge in [0.2, 0.25) is 5.91 Å². The van der Waals surface area contributed by atoms with Gasteiger partial charge in [0.05, 0.1) is 17.1 Å². The summed E-state index contributed by atoms with van der Waals surface area (Å²) in [6.45, 7) is 2.22. The highest BCUT2D eigenvalue weighted by Gasteiger charge is 2.24. The SMILES string of the molecule is COc1ccc(C=CC(=O)Nc2sc3c(c2C#N)CCC(C)C3)cc1Br. The van der Waals surface area contributed by atoms with Crippen molar-refractivity contribution >= 4 is 44.3 Å². The largest absolute Gasteiger partial charge is 0.496 e. The van der Waals surface area contributed by atoms with Crippen LogP contribution in [0.4, 0.5) is 5.00 Å². The molecule has 0 aliphatic heterocycles. The van der Waals surface area contributed by atoms with Gasteiger partial charge in [-0.1, -0.05) is 13.0 Å². The second-order valence-corrected chi connectivity index (χ2v) is 8.34. The summed E-state index contributed by atoms with van der Waals surface area (Å²) >= 11 is 4.97. The Morgan fingerprint density at radius 2 is 2.31 bits per heavy atom. The lowest BCUT2D eigenvalue weighted by Gasteiger charge is -2.17. The number of amides is 1. The fraction of sp³-hybridized carbons (Fsp3) is 0.300. The van der Waals surface area contributed by atoms with Crippen molar-refractivity contribution in [2.24, 2.45) is 5.92 Å². The summed E-state index contributed by atoms with van der Waals surface area (Å²) < 4.78 is 6.03. The van der Waals surface area contributed by atoms with Gasteiger partial charge >= 0.3 is 0 Å². The first-order chi connectivity index (χ1) is 12.5. The van der Waals surface area contributed by atoms with Gasteiger partial charge in [-0.2, -0.15) is 5.26 Å². The number of rotatable bonds is 4. The van der Waals surface area contributed by atoms with E-state index in [9.17, 15) is 10.1 Å². The zero-order valence-corrected chi connectivity index (χ0v) is 17.0. The molecule has 1 N–H and O–H groups in total. The van der Waals surface area contributed by atoms with E-state index in [0.29, 0.717) is 16.5 Å². The first-order valence-corrected chi connectivity index (χ1v) is 10.00. The molecular weight excluding hydrogens is 412 g/mol. The number of methoxy groups -OCH3 is 1. The molecule has 1 aromatic carbocycles. The van der Waals surface area contributed by atoms with Gasteiger partial charge in [-0.05, 0) is 70.4 Å². The molecule has 1 atom stereocenters. The lowest BCUT2D eigenvalue weighted by molar-refractivity contribution is -0.111. The van der Waals surface area contributed by atoms with Crippen LogP contribution in [-0.4, -0.2) is 13.0 Å². The summed E-state index contributed by atoms with van der Waals surface area (Å²) in [6, 6.07) is 7.86. The predicted molar refractivity (Wildman–Crippen MR) is 109 cm³/mol. The molecule has 0 saturated carbocycles. The van der Waals surface area contributed by atoms with Crippen LogP contribution in [0.25, 0.3) is 6.08 Å². The van der Waals surface area contributed by atoms with Crippen molar-refractivity contribution in [1.29, 1.82) is 5.26 Å². The molecule has 0 fully saturated rings. The van der Waals surface area contributed by atoms with E-state index in [0.717, 1.165) is 40.6 Å². The molecule has 1 aliphatic rings. The van der Waals surface area contributed by atoms with Crippen LogP contribution in [0.3, 0.4) is 0 Å². The van der Waals surface area contributed by atoms with Crippen molar-refractivity contribution in [1.82, 2.24) is 0 Å².